The Bertz CT molecular complexity index is 1000. The van der Waals surface area contributed by atoms with Crippen molar-refractivity contribution in [1.82, 2.24) is 14.8 Å². The Hall–Kier alpha value is -2.87. The Labute approximate surface area is 168 Å². The summed E-state index contributed by atoms with van der Waals surface area (Å²) in [4.78, 5) is 18.4. The smallest absolute Gasteiger partial charge is 0.229 e. The van der Waals surface area contributed by atoms with Crippen LogP contribution in [0.15, 0.2) is 18.2 Å². The zero-order valence-corrected chi connectivity index (χ0v) is 17.7. The lowest BCUT2D eigenvalue weighted by atomic mass is 10.1. The van der Waals surface area contributed by atoms with E-state index >= 15 is 0 Å². The molecule has 2 heterocycles. The fourth-order valence-electron chi connectivity index (χ4n) is 2.92. The third-order valence-corrected chi connectivity index (χ3v) is 5.71. The van der Waals surface area contributed by atoms with E-state index < -0.39 is 0 Å². The van der Waals surface area contributed by atoms with Gasteiger partial charge in [0.1, 0.15) is 11.5 Å². The van der Waals surface area contributed by atoms with Crippen molar-refractivity contribution in [2.75, 3.05) is 19.5 Å². The molecule has 0 bridgehead atoms. The minimum absolute atomic E-state index is 0.138. The number of hydrogen-bond acceptors (Lipinski definition) is 6. The van der Waals surface area contributed by atoms with E-state index in [4.69, 9.17) is 9.47 Å². The molecular formula is C20H24N4O3S. The van der Waals surface area contributed by atoms with E-state index in [2.05, 4.69) is 15.4 Å². The number of anilines is 1. The average molecular weight is 401 g/mol. The molecule has 0 saturated carbocycles. The number of aryl methyl sites for hydroxylation is 3. The van der Waals surface area contributed by atoms with Crippen molar-refractivity contribution in [2.45, 2.75) is 34.1 Å². The van der Waals surface area contributed by atoms with Crippen LogP contribution >= 0.6 is 11.3 Å². The van der Waals surface area contributed by atoms with Gasteiger partial charge in [0.2, 0.25) is 11.0 Å². The molecule has 0 aliphatic heterocycles. The number of methoxy groups -OCH3 is 2. The molecule has 1 amide bonds. The third-order valence-electron chi connectivity index (χ3n) is 4.66. The molecule has 0 radical (unpaired) electrons. The van der Waals surface area contributed by atoms with Gasteiger partial charge in [-0.3, -0.25) is 4.79 Å². The van der Waals surface area contributed by atoms with Crippen molar-refractivity contribution in [3.63, 3.8) is 0 Å². The van der Waals surface area contributed by atoms with Gasteiger partial charge in [-0.1, -0.05) is 11.3 Å². The van der Waals surface area contributed by atoms with Gasteiger partial charge in [0.25, 0.3) is 0 Å². The summed E-state index contributed by atoms with van der Waals surface area (Å²) in [7, 11) is 3.14. The van der Waals surface area contributed by atoms with Crippen LogP contribution < -0.4 is 14.8 Å². The van der Waals surface area contributed by atoms with Crippen LogP contribution in [0.3, 0.4) is 0 Å². The lowest BCUT2D eigenvalue weighted by Gasteiger charge is -2.11. The Morgan fingerprint density at radius 1 is 1.14 bits per heavy atom. The molecule has 0 saturated heterocycles. The number of carbonyl (C=O) groups is 1. The lowest BCUT2D eigenvalue weighted by molar-refractivity contribution is -0.115. The van der Waals surface area contributed by atoms with Gasteiger partial charge in [0, 0.05) is 22.2 Å². The van der Waals surface area contributed by atoms with E-state index in [9.17, 15) is 4.79 Å². The highest BCUT2D eigenvalue weighted by Crippen LogP contribution is 2.29. The fourth-order valence-corrected chi connectivity index (χ4v) is 3.83. The van der Waals surface area contributed by atoms with Gasteiger partial charge >= 0.3 is 0 Å². The second-order valence-corrected chi connectivity index (χ2v) is 7.67. The highest BCUT2D eigenvalue weighted by Gasteiger charge is 2.19. The van der Waals surface area contributed by atoms with Gasteiger partial charge in [-0.15, -0.1) is 0 Å². The predicted molar refractivity (Wildman–Crippen MR) is 110 cm³/mol. The first-order chi connectivity index (χ1) is 13.3. The van der Waals surface area contributed by atoms with Crippen LogP contribution in [0.4, 0.5) is 5.69 Å². The second kappa shape index (κ2) is 8.02. The topological polar surface area (TPSA) is 78.3 Å². The van der Waals surface area contributed by atoms with E-state index in [1.54, 1.807) is 43.8 Å². The molecule has 0 spiro atoms. The minimum Gasteiger partial charge on any atom is -0.497 e. The first kappa shape index (κ1) is 19.9. The number of carbonyl (C=O) groups excluding carboxylic acids is 1. The number of amides is 1. The van der Waals surface area contributed by atoms with Gasteiger partial charge in [0.05, 0.1) is 37.7 Å². The quantitative estimate of drug-likeness (QED) is 0.682. The van der Waals surface area contributed by atoms with E-state index in [-0.39, 0.29) is 12.3 Å². The molecule has 8 heteroatoms. The zero-order chi connectivity index (χ0) is 20.4. The van der Waals surface area contributed by atoms with Crippen molar-refractivity contribution in [1.29, 1.82) is 0 Å². The number of ether oxygens (including phenoxy) is 2. The van der Waals surface area contributed by atoms with Crippen LogP contribution in [0.25, 0.3) is 5.13 Å². The van der Waals surface area contributed by atoms with Gasteiger partial charge in [-0.2, -0.15) is 5.10 Å². The van der Waals surface area contributed by atoms with Gasteiger partial charge in [-0.05, 0) is 39.8 Å². The SMILES string of the molecule is COc1ccc(NC(=O)Cc2c(C)nn(-c3nc(C)c(C)s3)c2C)c(OC)c1. The molecule has 0 aliphatic rings. The molecule has 0 atom stereocenters. The third kappa shape index (κ3) is 3.87. The van der Waals surface area contributed by atoms with Crippen LogP contribution in [-0.4, -0.2) is 34.9 Å². The van der Waals surface area contributed by atoms with Crippen molar-refractivity contribution in [2.24, 2.45) is 0 Å². The maximum absolute atomic E-state index is 12.7. The van der Waals surface area contributed by atoms with E-state index in [0.29, 0.717) is 17.2 Å². The molecule has 28 heavy (non-hydrogen) atoms. The highest BCUT2D eigenvalue weighted by atomic mass is 32.1. The molecule has 0 unspecified atom stereocenters. The summed E-state index contributed by atoms with van der Waals surface area (Å²) in [5.74, 6) is 1.07. The summed E-state index contributed by atoms with van der Waals surface area (Å²) in [6.07, 6.45) is 0.218. The number of benzene rings is 1. The van der Waals surface area contributed by atoms with Crippen molar-refractivity contribution < 1.29 is 14.3 Å². The Morgan fingerprint density at radius 2 is 1.89 bits per heavy atom. The predicted octanol–water partition coefficient (Wildman–Crippen LogP) is 3.76. The van der Waals surface area contributed by atoms with Crippen LogP contribution in [0.2, 0.25) is 0 Å². The number of nitrogens with one attached hydrogen (secondary N) is 1. The Balaban J connectivity index is 1.81. The standard InChI is InChI=1S/C20H24N4O3S/c1-11-14(4)28-20(21-11)24-13(3)16(12(2)23-24)10-19(25)22-17-8-7-15(26-5)9-18(17)27-6/h7-9H,10H2,1-6H3,(H,22,25). The number of hydrogen-bond donors (Lipinski definition) is 1. The Morgan fingerprint density at radius 3 is 2.50 bits per heavy atom. The van der Waals surface area contributed by atoms with Crippen molar-refractivity contribution in [3.05, 3.63) is 45.7 Å². The molecule has 0 aliphatic carbocycles. The summed E-state index contributed by atoms with van der Waals surface area (Å²) in [6, 6.07) is 5.27. The molecule has 3 aromatic rings. The number of thiazole rings is 1. The highest BCUT2D eigenvalue weighted by molar-refractivity contribution is 7.14. The molecular weight excluding hydrogens is 376 g/mol. The normalized spacial score (nSPS) is 10.8. The monoisotopic (exact) mass is 400 g/mol. The Kier molecular flexibility index (Phi) is 5.69. The molecule has 1 N–H and O–H groups in total. The lowest BCUT2D eigenvalue weighted by Crippen LogP contribution is -2.16. The summed E-state index contributed by atoms with van der Waals surface area (Å²) >= 11 is 1.59. The largest absolute Gasteiger partial charge is 0.497 e. The first-order valence-corrected chi connectivity index (χ1v) is 9.67. The van der Waals surface area contributed by atoms with Gasteiger partial charge in [0.15, 0.2) is 0 Å². The van der Waals surface area contributed by atoms with E-state index in [1.807, 2.05) is 32.4 Å². The van der Waals surface area contributed by atoms with Gasteiger partial charge < -0.3 is 14.8 Å². The summed E-state index contributed by atoms with van der Waals surface area (Å²) in [5.41, 5.74) is 4.24. The maximum atomic E-state index is 12.7. The number of nitrogens with zero attached hydrogens (tertiary/aromatic N) is 3. The van der Waals surface area contributed by atoms with E-state index in [1.165, 1.54) is 0 Å². The van der Waals surface area contributed by atoms with Crippen LogP contribution in [0.5, 0.6) is 11.5 Å². The summed E-state index contributed by atoms with van der Waals surface area (Å²) < 4.78 is 12.3. The zero-order valence-electron chi connectivity index (χ0n) is 16.9. The summed E-state index contributed by atoms with van der Waals surface area (Å²) in [5, 5.41) is 8.32. The number of aromatic nitrogens is 3. The van der Waals surface area contributed by atoms with Gasteiger partial charge in [-0.25, -0.2) is 9.67 Å². The molecule has 1 aromatic carbocycles. The van der Waals surface area contributed by atoms with Crippen LogP contribution in [-0.2, 0) is 11.2 Å². The minimum atomic E-state index is -0.138. The molecule has 0 fully saturated rings. The maximum Gasteiger partial charge on any atom is 0.229 e. The fraction of sp³-hybridized carbons (Fsp3) is 0.350. The van der Waals surface area contributed by atoms with Crippen LogP contribution in [0, 0.1) is 27.7 Å². The number of rotatable bonds is 6. The molecule has 3 rings (SSSR count). The first-order valence-electron chi connectivity index (χ1n) is 8.85. The molecule has 7 nitrogen and oxygen atoms in total. The molecule has 148 valence electrons. The van der Waals surface area contributed by atoms with Crippen LogP contribution in [0.1, 0.15) is 27.5 Å². The average Bonchev–Trinajstić information content (AvgIpc) is 3.15. The van der Waals surface area contributed by atoms with Crippen molar-refractivity contribution in [3.8, 4) is 16.6 Å². The van der Waals surface area contributed by atoms with Crippen molar-refractivity contribution >= 4 is 22.9 Å². The summed E-state index contributed by atoms with van der Waals surface area (Å²) in [6.45, 7) is 7.90. The molecule has 2 aromatic heterocycles. The van der Waals surface area contributed by atoms with E-state index in [0.717, 1.165) is 32.7 Å². The second-order valence-electron chi connectivity index (χ2n) is 6.49.